The summed E-state index contributed by atoms with van der Waals surface area (Å²) in [5, 5.41) is 4.16. The molecule has 4 nitrogen and oxygen atoms in total. The van der Waals surface area contributed by atoms with Crippen LogP contribution in [-0.4, -0.2) is 29.3 Å². The van der Waals surface area contributed by atoms with E-state index in [0.29, 0.717) is 22.2 Å². The minimum Gasteiger partial charge on any atom is -0.355 e. The van der Waals surface area contributed by atoms with E-state index in [4.69, 9.17) is 23.2 Å². The molecule has 1 heterocycles. The van der Waals surface area contributed by atoms with Crippen molar-refractivity contribution in [1.29, 1.82) is 0 Å². The number of hydrogen-bond donors (Lipinski definition) is 1. The highest BCUT2D eigenvalue weighted by Gasteiger charge is 2.47. The van der Waals surface area contributed by atoms with Crippen LogP contribution in [0.2, 0.25) is 10.0 Å². The molecule has 2 atom stereocenters. The molecular formula is C30H30Cl2N2O2. The fraction of sp³-hybridized carbons (Fsp3) is 0.333. The molecule has 2 aliphatic rings. The zero-order valence-electron chi connectivity index (χ0n) is 20.3. The lowest BCUT2D eigenvalue weighted by Crippen LogP contribution is -2.51. The molecule has 3 aromatic rings. The van der Waals surface area contributed by atoms with E-state index < -0.39 is 12.0 Å². The van der Waals surface area contributed by atoms with Gasteiger partial charge in [-0.05, 0) is 61.1 Å². The quantitative estimate of drug-likeness (QED) is 0.384. The lowest BCUT2D eigenvalue weighted by atomic mass is 9.78. The van der Waals surface area contributed by atoms with Crippen LogP contribution in [0.5, 0.6) is 0 Å². The topological polar surface area (TPSA) is 49.4 Å². The van der Waals surface area contributed by atoms with Gasteiger partial charge in [0.25, 0.3) is 5.91 Å². The van der Waals surface area contributed by atoms with E-state index >= 15 is 0 Å². The predicted octanol–water partition coefficient (Wildman–Crippen LogP) is 6.88. The third kappa shape index (κ3) is 4.89. The Hall–Kier alpha value is -2.82. The zero-order chi connectivity index (χ0) is 25.2. The number of rotatable bonds is 6. The van der Waals surface area contributed by atoms with Crippen LogP contribution in [0, 0.1) is 6.92 Å². The summed E-state index contributed by atoms with van der Waals surface area (Å²) in [5.41, 5.74) is 4.49. The SMILES string of the molecule is Cc1ccc(CCNC(=O)[C@@H]2c3ccccc3C(=O)N(C3CCCC3)[C@H]2c2ccc(Cl)cc2Cl)cc1. The van der Waals surface area contributed by atoms with Crippen molar-refractivity contribution in [1.82, 2.24) is 10.2 Å². The molecule has 0 bridgehead atoms. The van der Waals surface area contributed by atoms with Crippen LogP contribution in [0.15, 0.2) is 66.7 Å². The third-order valence-corrected chi connectivity index (χ3v) is 8.05. The first-order chi connectivity index (χ1) is 17.4. The molecule has 1 aliphatic heterocycles. The van der Waals surface area contributed by atoms with Crippen LogP contribution in [0.25, 0.3) is 0 Å². The number of amides is 2. The molecular weight excluding hydrogens is 491 g/mol. The largest absolute Gasteiger partial charge is 0.355 e. The first kappa shape index (κ1) is 24.9. The summed E-state index contributed by atoms with van der Waals surface area (Å²) < 4.78 is 0. The van der Waals surface area contributed by atoms with Crippen molar-refractivity contribution in [3.63, 3.8) is 0 Å². The van der Waals surface area contributed by atoms with E-state index in [1.165, 1.54) is 11.1 Å². The van der Waals surface area contributed by atoms with Gasteiger partial charge in [-0.3, -0.25) is 9.59 Å². The van der Waals surface area contributed by atoms with Gasteiger partial charge in [-0.15, -0.1) is 0 Å². The van der Waals surface area contributed by atoms with Gasteiger partial charge in [-0.1, -0.05) is 90.1 Å². The van der Waals surface area contributed by atoms with Crippen LogP contribution in [0.3, 0.4) is 0 Å². The van der Waals surface area contributed by atoms with Gasteiger partial charge < -0.3 is 10.2 Å². The minimum absolute atomic E-state index is 0.0303. The molecule has 0 spiro atoms. The molecule has 1 N–H and O–H groups in total. The van der Waals surface area contributed by atoms with Crippen molar-refractivity contribution in [2.75, 3.05) is 6.54 Å². The number of fused-ring (bicyclic) bond motifs is 1. The average molecular weight is 521 g/mol. The van der Waals surface area contributed by atoms with E-state index in [0.717, 1.165) is 43.2 Å². The second kappa shape index (κ2) is 10.7. The second-order valence-electron chi connectivity index (χ2n) is 9.85. The van der Waals surface area contributed by atoms with Crippen LogP contribution < -0.4 is 5.32 Å². The lowest BCUT2D eigenvalue weighted by Gasteiger charge is -2.45. The highest BCUT2D eigenvalue weighted by atomic mass is 35.5. The maximum atomic E-state index is 13.9. The first-order valence-electron chi connectivity index (χ1n) is 12.6. The van der Waals surface area contributed by atoms with Crippen molar-refractivity contribution in [2.24, 2.45) is 0 Å². The van der Waals surface area contributed by atoms with Crippen LogP contribution >= 0.6 is 23.2 Å². The Morgan fingerprint density at radius 2 is 1.69 bits per heavy atom. The number of hydrogen-bond acceptors (Lipinski definition) is 2. The fourth-order valence-electron chi connectivity index (χ4n) is 5.68. The molecule has 186 valence electrons. The Morgan fingerprint density at radius 1 is 0.972 bits per heavy atom. The smallest absolute Gasteiger partial charge is 0.254 e. The van der Waals surface area contributed by atoms with Crippen LogP contribution in [-0.2, 0) is 11.2 Å². The predicted molar refractivity (Wildman–Crippen MR) is 145 cm³/mol. The molecule has 1 saturated carbocycles. The van der Waals surface area contributed by atoms with E-state index in [1.807, 2.05) is 35.2 Å². The highest BCUT2D eigenvalue weighted by Crippen LogP contribution is 2.47. The van der Waals surface area contributed by atoms with Crippen molar-refractivity contribution >= 4 is 35.0 Å². The van der Waals surface area contributed by atoms with Gasteiger partial charge in [0.05, 0.1) is 12.0 Å². The normalized spacial score (nSPS) is 19.9. The summed E-state index contributed by atoms with van der Waals surface area (Å²) in [4.78, 5) is 29.7. The summed E-state index contributed by atoms with van der Waals surface area (Å²) in [5.74, 6) is -0.700. The zero-order valence-corrected chi connectivity index (χ0v) is 21.9. The van der Waals surface area contributed by atoms with E-state index in [1.54, 1.807) is 12.1 Å². The molecule has 0 unspecified atom stereocenters. The molecule has 0 radical (unpaired) electrons. The Balaban J connectivity index is 1.53. The molecule has 5 rings (SSSR count). The number of halogens is 2. The van der Waals surface area contributed by atoms with Crippen molar-refractivity contribution in [3.05, 3.63) is 105 Å². The van der Waals surface area contributed by atoms with E-state index in [9.17, 15) is 9.59 Å². The van der Waals surface area contributed by atoms with Gasteiger partial charge in [-0.25, -0.2) is 0 Å². The molecule has 6 heteroatoms. The number of nitrogens with zero attached hydrogens (tertiary/aromatic N) is 1. The number of carbonyl (C=O) groups excluding carboxylic acids is 2. The molecule has 1 aliphatic carbocycles. The lowest BCUT2D eigenvalue weighted by molar-refractivity contribution is -0.124. The van der Waals surface area contributed by atoms with Gasteiger partial charge >= 0.3 is 0 Å². The third-order valence-electron chi connectivity index (χ3n) is 7.49. The van der Waals surface area contributed by atoms with Crippen LogP contribution in [0.4, 0.5) is 0 Å². The number of carbonyl (C=O) groups is 2. The second-order valence-corrected chi connectivity index (χ2v) is 10.7. The van der Waals surface area contributed by atoms with E-state index in [-0.39, 0.29) is 17.9 Å². The van der Waals surface area contributed by atoms with E-state index in [2.05, 4.69) is 36.5 Å². The Morgan fingerprint density at radius 3 is 2.42 bits per heavy atom. The Labute approximate surface area is 222 Å². The van der Waals surface area contributed by atoms with Gasteiger partial charge in [0.1, 0.15) is 0 Å². The molecule has 1 fully saturated rings. The fourth-order valence-corrected chi connectivity index (χ4v) is 6.20. The van der Waals surface area contributed by atoms with Gasteiger partial charge in [0.15, 0.2) is 0 Å². The summed E-state index contributed by atoms with van der Waals surface area (Å²) in [6.07, 6.45) is 4.74. The number of benzene rings is 3. The molecule has 3 aromatic carbocycles. The highest BCUT2D eigenvalue weighted by molar-refractivity contribution is 6.35. The van der Waals surface area contributed by atoms with Gasteiger partial charge in [0, 0.05) is 28.2 Å². The first-order valence-corrected chi connectivity index (χ1v) is 13.4. The molecule has 0 saturated heterocycles. The molecule has 36 heavy (non-hydrogen) atoms. The standard InChI is InChI=1S/C30H30Cl2N2O2/c1-19-10-12-20(13-11-19)16-17-33-29(35)27-23-8-4-5-9-24(23)30(36)34(22-6-2-3-7-22)28(27)25-15-14-21(31)18-26(25)32/h4-5,8-15,18,22,27-28H,2-3,6-7,16-17H2,1H3,(H,33,35)/t27-,28+/m1/s1. The summed E-state index contributed by atoms with van der Waals surface area (Å²) in [6.45, 7) is 2.57. The van der Waals surface area contributed by atoms with Crippen molar-refractivity contribution in [3.8, 4) is 0 Å². The summed E-state index contributed by atoms with van der Waals surface area (Å²) in [6, 6.07) is 20.8. The number of aryl methyl sites for hydroxylation is 1. The maximum Gasteiger partial charge on any atom is 0.254 e. The van der Waals surface area contributed by atoms with Crippen molar-refractivity contribution in [2.45, 2.75) is 57.0 Å². The van der Waals surface area contributed by atoms with Crippen molar-refractivity contribution < 1.29 is 9.59 Å². The maximum absolute atomic E-state index is 13.9. The van der Waals surface area contributed by atoms with Gasteiger partial charge in [0.2, 0.25) is 5.91 Å². The van der Waals surface area contributed by atoms with Crippen LogP contribution in [0.1, 0.15) is 70.3 Å². The molecule has 2 amide bonds. The Kier molecular flexibility index (Phi) is 7.36. The summed E-state index contributed by atoms with van der Waals surface area (Å²) >= 11 is 12.9. The number of nitrogens with one attached hydrogen (secondary N) is 1. The average Bonchev–Trinajstić information content (AvgIpc) is 3.40. The summed E-state index contributed by atoms with van der Waals surface area (Å²) in [7, 11) is 0. The van der Waals surface area contributed by atoms with Gasteiger partial charge in [-0.2, -0.15) is 0 Å². The Bertz CT molecular complexity index is 1270. The molecule has 0 aromatic heterocycles. The monoisotopic (exact) mass is 520 g/mol. The minimum atomic E-state index is -0.573.